The van der Waals surface area contributed by atoms with Gasteiger partial charge < -0.3 is 10.1 Å². The lowest BCUT2D eigenvalue weighted by molar-refractivity contribution is -0.121. The molecule has 0 saturated carbocycles. The van der Waals surface area contributed by atoms with Crippen molar-refractivity contribution in [3.63, 3.8) is 0 Å². The van der Waals surface area contributed by atoms with Gasteiger partial charge in [-0.3, -0.25) is 10.1 Å². The van der Waals surface area contributed by atoms with Crippen molar-refractivity contribution in [2.75, 3.05) is 19.0 Å². The number of aromatic nitrogens is 3. The topological polar surface area (TPSA) is 98.1 Å². The lowest BCUT2D eigenvalue weighted by atomic mass is 10.1. The third-order valence-corrected chi connectivity index (χ3v) is 3.30. The van der Waals surface area contributed by atoms with Crippen LogP contribution in [0.4, 0.5) is 10.6 Å². The Morgan fingerprint density at radius 2 is 2.13 bits per heavy atom. The molecule has 2 amide bonds. The van der Waals surface area contributed by atoms with Crippen molar-refractivity contribution in [2.24, 2.45) is 0 Å². The van der Waals surface area contributed by atoms with Gasteiger partial charge in [-0.1, -0.05) is 35.0 Å². The highest BCUT2D eigenvalue weighted by molar-refractivity contribution is 6.31. The van der Waals surface area contributed by atoms with E-state index in [1.807, 2.05) is 24.3 Å². The van der Waals surface area contributed by atoms with Gasteiger partial charge in [0.15, 0.2) is 5.82 Å². The number of hydrogen-bond donors (Lipinski definition) is 2. The second kappa shape index (κ2) is 8.14. The molecule has 1 heterocycles. The first kappa shape index (κ1) is 16.8. The fraction of sp³-hybridized carbons (Fsp3) is 0.286. The maximum atomic E-state index is 11.8. The minimum Gasteiger partial charge on any atom is -0.453 e. The molecule has 0 aliphatic carbocycles. The van der Waals surface area contributed by atoms with Gasteiger partial charge in [0, 0.05) is 11.6 Å². The standard InChI is InChI=1S/C14H16ClN5O3/c1-23-14(22)17-12-8-20(19-18-12)9-13(21)16-7-6-10-4-2-3-5-11(10)15/h2-5,8H,6-7,9H2,1H3,(H,16,21)(H,17,22). The van der Waals surface area contributed by atoms with Crippen molar-refractivity contribution in [3.05, 3.63) is 41.0 Å². The SMILES string of the molecule is COC(=O)Nc1cn(CC(=O)NCCc2ccccc2Cl)nn1. The van der Waals surface area contributed by atoms with Crippen LogP contribution in [0.5, 0.6) is 0 Å². The Labute approximate surface area is 137 Å². The van der Waals surface area contributed by atoms with E-state index in [1.165, 1.54) is 18.0 Å². The fourth-order valence-electron chi connectivity index (χ4n) is 1.83. The Morgan fingerprint density at radius 1 is 1.35 bits per heavy atom. The Hall–Kier alpha value is -2.61. The lowest BCUT2D eigenvalue weighted by Crippen LogP contribution is -2.29. The largest absolute Gasteiger partial charge is 0.453 e. The molecule has 0 radical (unpaired) electrons. The summed E-state index contributed by atoms with van der Waals surface area (Å²) < 4.78 is 5.75. The first-order valence-corrected chi connectivity index (χ1v) is 7.21. The van der Waals surface area contributed by atoms with Gasteiger partial charge in [0.1, 0.15) is 6.54 Å². The molecule has 0 fully saturated rings. The highest BCUT2D eigenvalue weighted by Crippen LogP contribution is 2.14. The van der Waals surface area contributed by atoms with Gasteiger partial charge in [0.2, 0.25) is 5.91 Å². The quantitative estimate of drug-likeness (QED) is 0.831. The zero-order chi connectivity index (χ0) is 16.7. The van der Waals surface area contributed by atoms with Crippen molar-refractivity contribution in [2.45, 2.75) is 13.0 Å². The molecule has 0 aliphatic rings. The highest BCUT2D eigenvalue weighted by Gasteiger charge is 2.08. The Morgan fingerprint density at radius 3 is 2.87 bits per heavy atom. The molecule has 0 saturated heterocycles. The summed E-state index contributed by atoms with van der Waals surface area (Å²) in [6.07, 6.45) is 1.42. The molecule has 2 aromatic rings. The zero-order valence-electron chi connectivity index (χ0n) is 12.5. The minimum absolute atomic E-state index is 0.00161. The zero-order valence-corrected chi connectivity index (χ0v) is 13.2. The van der Waals surface area contributed by atoms with Crippen LogP contribution in [-0.4, -0.2) is 40.6 Å². The molecule has 0 aliphatic heterocycles. The number of nitrogens with zero attached hydrogens (tertiary/aromatic N) is 3. The van der Waals surface area contributed by atoms with E-state index in [0.717, 1.165) is 5.56 Å². The van der Waals surface area contributed by atoms with Crippen LogP contribution in [0.1, 0.15) is 5.56 Å². The van der Waals surface area contributed by atoms with Crippen LogP contribution < -0.4 is 10.6 Å². The Balaban J connectivity index is 1.77. The highest BCUT2D eigenvalue weighted by atomic mass is 35.5. The molecule has 0 unspecified atom stereocenters. The Kier molecular flexibility index (Phi) is 5.93. The summed E-state index contributed by atoms with van der Waals surface area (Å²) >= 11 is 6.05. The lowest BCUT2D eigenvalue weighted by Gasteiger charge is -2.06. The van der Waals surface area contributed by atoms with Gasteiger partial charge in [0.05, 0.1) is 13.3 Å². The molecular formula is C14H16ClN5O3. The average Bonchev–Trinajstić information content (AvgIpc) is 2.96. The van der Waals surface area contributed by atoms with Crippen LogP contribution in [-0.2, 0) is 22.5 Å². The summed E-state index contributed by atoms with van der Waals surface area (Å²) in [5, 5.41) is 13.2. The number of rotatable bonds is 6. The molecule has 8 nitrogen and oxygen atoms in total. The predicted molar refractivity (Wildman–Crippen MR) is 84.2 cm³/mol. The van der Waals surface area contributed by atoms with E-state index in [0.29, 0.717) is 18.0 Å². The number of anilines is 1. The van der Waals surface area contributed by atoms with Gasteiger partial charge in [-0.2, -0.15) is 0 Å². The van der Waals surface area contributed by atoms with Crippen molar-refractivity contribution in [1.29, 1.82) is 0 Å². The molecule has 9 heteroatoms. The first-order chi connectivity index (χ1) is 11.1. The molecule has 122 valence electrons. The number of benzene rings is 1. The maximum Gasteiger partial charge on any atom is 0.412 e. The molecule has 0 atom stereocenters. The van der Waals surface area contributed by atoms with Crippen LogP contribution in [0, 0.1) is 0 Å². The van der Waals surface area contributed by atoms with Crippen LogP contribution in [0.15, 0.2) is 30.5 Å². The number of nitrogens with one attached hydrogen (secondary N) is 2. The van der Waals surface area contributed by atoms with E-state index in [2.05, 4.69) is 25.7 Å². The van der Waals surface area contributed by atoms with Crippen LogP contribution in [0.3, 0.4) is 0 Å². The summed E-state index contributed by atoms with van der Waals surface area (Å²) in [6.45, 7) is 0.461. The molecular weight excluding hydrogens is 322 g/mol. The first-order valence-electron chi connectivity index (χ1n) is 6.83. The smallest absolute Gasteiger partial charge is 0.412 e. The normalized spacial score (nSPS) is 10.2. The summed E-state index contributed by atoms with van der Waals surface area (Å²) in [5.41, 5.74) is 0.972. The second-order valence-electron chi connectivity index (χ2n) is 4.61. The van der Waals surface area contributed by atoms with E-state index >= 15 is 0 Å². The number of hydrogen-bond acceptors (Lipinski definition) is 5. The van der Waals surface area contributed by atoms with E-state index in [4.69, 9.17) is 11.6 Å². The molecule has 0 bridgehead atoms. The monoisotopic (exact) mass is 337 g/mol. The van der Waals surface area contributed by atoms with Crippen LogP contribution in [0.2, 0.25) is 5.02 Å². The van der Waals surface area contributed by atoms with E-state index in [-0.39, 0.29) is 18.3 Å². The van der Waals surface area contributed by atoms with Gasteiger partial charge in [-0.25, -0.2) is 9.48 Å². The van der Waals surface area contributed by atoms with Gasteiger partial charge in [-0.15, -0.1) is 5.10 Å². The summed E-state index contributed by atoms with van der Waals surface area (Å²) in [6, 6.07) is 7.48. The number of methoxy groups -OCH3 is 1. The number of ether oxygens (including phenoxy) is 1. The fourth-order valence-corrected chi connectivity index (χ4v) is 2.06. The molecule has 2 rings (SSSR count). The van der Waals surface area contributed by atoms with Crippen molar-refractivity contribution in [1.82, 2.24) is 20.3 Å². The molecule has 2 N–H and O–H groups in total. The van der Waals surface area contributed by atoms with Crippen LogP contribution >= 0.6 is 11.6 Å². The van der Waals surface area contributed by atoms with E-state index in [9.17, 15) is 9.59 Å². The van der Waals surface area contributed by atoms with Gasteiger partial charge in [-0.05, 0) is 18.1 Å². The van der Waals surface area contributed by atoms with E-state index in [1.54, 1.807) is 0 Å². The molecule has 0 spiro atoms. The summed E-state index contributed by atoms with van der Waals surface area (Å²) in [7, 11) is 1.24. The van der Waals surface area contributed by atoms with Crippen molar-refractivity contribution in [3.8, 4) is 0 Å². The van der Waals surface area contributed by atoms with Crippen molar-refractivity contribution >= 4 is 29.4 Å². The third kappa shape index (κ3) is 5.26. The minimum atomic E-state index is -0.652. The van der Waals surface area contributed by atoms with E-state index < -0.39 is 6.09 Å². The second-order valence-corrected chi connectivity index (χ2v) is 5.02. The molecule has 1 aromatic carbocycles. The Bertz CT molecular complexity index is 689. The average molecular weight is 338 g/mol. The summed E-state index contributed by atoms with van der Waals surface area (Å²) in [4.78, 5) is 22.8. The molecule has 23 heavy (non-hydrogen) atoms. The predicted octanol–water partition coefficient (Wildman–Crippen LogP) is 1.47. The van der Waals surface area contributed by atoms with Crippen LogP contribution in [0.25, 0.3) is 0 Å². The van der Waals surface area contributed by atoms with Gasteiger partial charge >= 0.3 is 6.09 Å². The van der Waals surface area contributed by atoms with Gasteiger partial charge in [0.25, 0.3) is 0 Å². The molecule has 1 aromatic heterocycles. The summed E-state index contributed by atoms with van der Waals surface area (Å²) in [5.74, 6) is -0.00714. The maximum absolute atomic E-state index is 11.8. The number of carbonyl (C=O) groups is 2. The number of carbonyl (C=O) groups excluding carboxylic acids is 2. The number of halogens is 1. The van der Waals surface area contributed by atoms with Crippen molar-refractivity contribution < 1.29 is 14.3 Å². The number of amides is 2. The third-order valence-electron chi connectivity index (χ3n) is 2.93.